The van der Waals surface area contributed by atoms with E-state index in [4.69, 9.17) is 6.57 Å². The van der Waals surface area contributed by atoms with Crippen molar-refractivity contribution in [3.8, 4) is 0 Å². The molecule has 6 nitrogen and oxygen atoms in total. The SMILES string of the molecule is Cc1nc2cc3c(cc2c(=O)[nH]1)CCC3.[C-]#[N+]c1cc2c(cc1NC(C)=O)CCC2. The molecule has 5 rings (SSSR count). The lowest BCUT2D eigenvalue weighted by molar-refractivity contribution is -0.114. The van der Waals surface area contributed by atoms with Gasteiger partial charge >= 0.3 is 0 Å². The number of hydrogen-bond acceptors (Lipinski definition) is 3. The Bertz CT molecular complexity index is 1250. The third kappa shape index (κ3) is 3.97. The number of hydrogen-bond donors (Lipinski definition) is 2. The molecule has 152 valence electrons. The molecule has 30 heavy (non-hydrogen) atoms. The topological polar surface area (TPSA) is 79.2 Å². The van der Waals surface area contributed by atoms with Gasteiger partial charge in [0.15, 0.2) is 0 Å². The van der Waals surface area contributed by atoms with E-state index in [1.807, 2.05) is 25.1 Å². The van der Waals surface area contributed by atoms with Crippen LogP contribution < -0.4 is 10.9 Å². The van der Waals surface area contributed by atoms with Crippen LogP contribution in [0.2, 0.25) is 0 Å². The number of fused-ring (bicyclic) bond motifs is 3. The van der Waals surface area contributed by atoms with Gasteiger partial charge in [-0.1, -0.05) is 11.6 Å². The highest BCUT2D eigenvalue weighted by molar-refractivity contribution is 5.93. The number of H-pyrrole nitrogens is 1. The zero-order valence-electron chi connectivity index (χ0n) is 17.3. The summed E-state index contributed by atoms with van der Waals surface area (Å²) in [5.74, 6) is 0.559. The quantitative estimate of drug-likeness (QED) is 0.594. The van der Waals surface area contributed by atoms with Gasteiger partial charge in [0.05, 0.1) is 17.5 Å². The van der Waals surface area contributed by atoms with Crippen LogP contribution >= 0.6 is 0 Å². The Kier molecular flexibility index (Phi) is 5.37. The first-order valence-electron chi connectivity index (χ1n) is 10.3. The van der Waals surface area contributed by atoms with Crippen molar-refractivity contribution in [2.75, 3.05) is 5.32 Å². The summed E-state index contributed by atoms with van der Waals surface area (Å²) in [5, 5.41) is 3.42. The minimum absolute atomic E-state index is 0.0211. The van der Waals surface area contributed by atoms with Crippen molar-refractivity contribution in [2.45, 2.75) is 52.4 Å². The molecular formula is C24H24N4O2. The van der Waals surface area contributed by atoms with Crippen LogP contribution in [0.15, 0.2) is 29.1 Å². The van der Waals surface area contributed by atoms with Crippen LogP contribution in [0.5, 0.6) is 0 Å². The lowest BCUT2D eigenvalue weighted by Crippen LogP contribution is -2.10. The number of aromatic nitrogens is 2. The van der Waals surface area contributed by atoms with Crippen LogP contribution in [0.25, 0.3) is 15.7 Å². The lowest BCUT2D eigenvalue weighted by atomic mass is 10.1. The van der Waals surface area contributed by atoms with Crippen molar-refractivity contribution in [1.82, 2.24) is 9.97 Å². The summed E-state index contributed by atoms with van der Waals surface area (Å²) in [6, 6.07) is 7.92. The number of anilines is 1. The van der Waals surface area contributed by atoms with Gasteiger partial charge in [-0.2, -0.15) is 0 Å². The second-order valence-corrected chi connectivity index (χ2v) is 7.93. The van der Waals surface area contributed by atoms with Crippen molar-refractivity contribution in [1.29, 1.82) is 0 Å². The summed E-state index contributed by atoms with van der Waals surface area (Å²) in [6.45, 7) is 10.3. The number of benzene rings is 2. The molecule has 0 bridgehead atoms. The summed E-state index contributed by atoms with van der Waals surface area (Å²) >= 11 is 0. The minimum Gasteiger partial charge on any atom is -0.336 e. The maximum absolute atomic E-state index is 11.7. The first-order chi connectivity index (χ1) is 14.4. The third-order valence-electron chi connectivity index (χ3n) is 5.68. The number of aromatic amines is 1. The second kappa shape index (κ2) is 8.11. The Labute approximate surface area is 175 Å². The Hall–Kier alpha value is -3.46. The number of carbonyl (C=O) groups excluding carboxylic acids is 1. The Balaban J connectivity index is 0.000000145. The van der Waals surface area contributed by atoms with Crippen LogP contribution in [0.1, 0.15) is 47.8 Å². The maximum Gasteiger partial charge on any atom is 0.258 e. The molecule has 0 saturated carbocycles. The zero-order valence-corrected chi connectivity index (χ0v) is 17.3. The van der Waals surface area contributed by atoms with Crippen LogP contribution in [0.4, 0.5) is 11.4 Å². The molecule has 2 N–H and O–H groups in total. The third-order valence-corrected chi connectivity index (χ3v) is 5.68. The summed E-state index contributed by atoms with van der Waals surface area (Å²) in [6.07, 6.45) is 6.68. The molecule has 0 saturated heterocycles. The molecule has 0 aliphatic heterocycles. The number of amides is 1. The predicted molar refractivity (Wildman–Crippen MR) is 118 cm³/mol. The molecule has 1 heterocycles. The molecule has 0 unspecified atom stereocenters. The van der Waals surface area contributed by atoms with E-state index in [1.54, 1.807) is 0 Å². The van der Waals surface area contributed by atoms with Crippen molar-refractivity contribution >= 4 is 28.2 Å². The van der Waals surface area contributed by atoms with E-state index in [0.29, 0.717) is 17.2 Å². The molecule has 3 aromatic rings. The van der Waals surface area contributed by atoms with Crippen molar-refractivity contribution in [3.05, 3.63) is 74.1 Å². The number of nitrogens with one attached hydrogen (secondary N) is 2. The molecule has 0 radical (unpaired) electrons. The van der Waals surface area contributed by atoms with Crippen LogP contribution in [-0.2, 0) is 30.5 Å². The number of rotatable bonds is 1. The van der Waals surface area contributed by atoms with Gasteiger partial charge in [0.2, 0.25) is 11.6 Å². The summed E-state index contributed by atoms with van der Waals surface area (Å²) in [7, 11) is 0. The fourth-order valence-corrected chi connectivity index (χ4v) is 4.32. The highest BCUT2D eigenvalue weighted by Gasteiger charge is 2.15. The van der Waals surface area contributed by atoms with Crippen molar-refractivity contribution in [2.24, 2.45) is 0 Å². The normalized spacial score (nSPS) is 13.8. The summed E-state index contributed by atoms with van der Waals surface area (Å²) in [4.78, 5) is 33.2. The first kappa shape index (κ1) is 19.8. The Morgan fingerprint density at radius 1 is 1.03 bits per heavy atom. The number of carbonyl (C=O) groups is 1. The van der Waals surface area contributed by atoms with Gasteiger partial charge in [-0.05, 0) is 80.3 Å². The highest BCUT2D eigenvalue weighted by atomic mass is 16.1. The van der Waals surface area contributed by atoms with Gasteiger partial charge in [0.1, 0.15) is 5.82 Å². The predicted octanol–water partition coefficient (Wildman–Crippen LogP) is 4.40. The van der Waals surface area contributed by atoms with E-state index in [0.717, 1.165) is 43.0 Å². The largest absolute Gasteiger partial charge is 0.336 e. The van der Waals surface area contributed by atoms with Gasteiger partial charge in [-0.3, -0.25) is 9.59 Å². The molecule has 2 aliphatic rings. The van der Waals surface area contributed by atoms with Gasteiger partial charge in [-0.15, -0.1) is 0 Å². The van der Waals surface area contributed by atoms with E-state index >= 15 is 0 Å². The zero-order chi connectivity index (χ0) is 21.3. The molecule has 0 fully saturated rings. The van der Waals surface area contributed by atoms with Gasteiger partial charge in [0, 0.05) is 12.6 Å². The van der Waals surface area contributed by atoms with E-state index in [-0.39, 0.29) is 11.5 Å². The fraction of sp³-hybridized carbons (Fsp3) is 0.333. The van der Waals surface area contributed by atoms with E-state index in [1.165, 1.54) is 35.6 Å². The number of aryl methyl sites for hydroxylation is 5. The van der Waals surface area contributed by atoms with Crippen LogP contribution in [0, 0.1) is 13.5 Å². The number of nitrogens with zero attached hydrogens (tertiary/aromatic N) is 2. The Morgan fingerprint density at radius 3 is 2.27 bits per heavy atom. The molecule has 0 spiro atoms. The van der Waals surface area contributed by atoms with Crippen LogP contribution in [-0.4, -0.2) is 15.9 Å². The molecule has 1 amide bonds. The smallest absolute Gasteiger partial charge is 0.258 e. The average molecular weight is 400 g/mol. The van der Waals surface area contributed by atoms with Gasteiger partial charge in [0.25, 0.3) is 5.56 Å². The standard InChI is InChI=1S/2C12H12N2O/c1-7-13-11-6-9-4-2-3-8(9)5-10(11)12(15)14-7;1-8(15)14-12-7-10-5-3-4-9(10)6-11(12)13-2/h5-6H,2-4H2,1H3,(H,13,14,15);6-7H,3-5H2,1H3,(H,14,15). The molecular weight excluding hydrogens is 376 g/mol. The summed E-state index contributed by atoms with van der Waals surface area (Å²) < 4.78 is 0. The van der Waals surface area contributed by atoms with E-state index in [9.17, 15) is 9.59 Å². The van der Waals surface area contributed by atoms with Crippen molar-refractivity contribution < 1.29 is 4.79 Å². The maximum atomic E-state index is 11.7. The minimum atomic E-state index is -0.127. The highest BCUT2D eigenvalue weighted by Crippen LogP contribution is 2.33. The Morgan fingerprint density at radius 2 is 1.63 bits per heavy atom. The molecule has 1 aromatic heterocycles. The van der Waals surface area contributed by atoms with E-state index < -0.39 is 0 Å². The average Bonchev–Trinajstić information content (AvgIpc) is 3.34. The van der Waals surface area contributed by atoms with Crippen LogP contribution in [0.3, 0.4) is 0 Å². The molecule has 2 aliphatic carbocycles. The first-order valence-corrected chi connectivity index (χ1v) is 10.3. The second-order valence-electron chi connectivity index (χ2n) is 7.93. The van der Waals surface area contributed by atoms with E-state index in [2.05, 4.69) is 26.2 Å². The molecule has 0 atom stereocenters. The molecule has 2 aromatic carbocycles. The lowest BCUT2D eigenvalue weighted by Gasteiger charge is -2.08. The summed E-state index contributed by atoms with van der Waals surface area (Å²) in [5.41, 5.74) is 7.22. The monoisotopic (exact) mass is 400 g/mol. The van der Waals surface area contributed by atoms with Gasteiger partial charge < -0.3 is 10.3 Å². The van der Waals surface area contributed by atoms with Crippen molar-refractivity contribution in [3.63, 3.8) is 0 Å². The molecule has 6 heteroatoms. The van der Waals surface area contributed by atoms with Gasteiger partial charge in [-0.25, -0.2) is 9.83 Å². The fourth-order valence-electron chi connectivity index (χ4n) is 4.32.